The Kier molecular flexibility index (Phi) is 9.61. The van der Waals surface area contributed by atoms with E-state index in [1.807, 2.05) is 42.5 Å². The van der Waals surface area contributed by atoms with Crippen LogP contribution in [-0.4, -0.2) is 67.7 Å². The van der Waals surface area contributed by atoms with E-state index in [1.165, 1.54) is 24.5 Å². The third-order valence-electron chi connectivity index (χ3n) is 8.10. The van der Waals surface area contributed by atoms with Gasteiger partial charge in [0.15, 0.2) is 5.82 Å². The highest BCUT2D eigenvalue weighted by atomic mass is 19.1. The van der Waals surface area contributed by atoms with E-state index in [-0.39, 0.29) is 17.8 Å². The van der Waals surface area contributed by atoms with Crippen molar-refractivity contribution in [1.29, 1.82) is 0 Å². The van der Waals surface area contributed by atoms with E-state index in [1.54, 1.807) is 24.3 Å². The summed E-state index contributed by atoms with van der Waals surface area (Å²) in [5.74, 6) is 7.25. The fraction of sp³-hybridized carbons (Fsp3) is 0.250. The maximum absolute atomic E-state index is 13.6. The summed E-state index contributed by atoms with van der Waals surface area (Å²) in [5, 5.41) is 8.09. The van der Waals surface area contributed by atoms with E-state index in [4.69, 9.17) is 9.57 Å². The maximum atomic E-state index is 13.6. The molecule has 3 aromatic carbocycles. The number of anilines is 5. The van der Waals surface area contributed by atoms with E-state index in [0.29, 0.717) is 40.9 Å². The summed E-state index contributed by atoms with van der Waals surface area (Å²) in [6.07, 6.45) is 3.48. The number of carbonyl (C=O) groups excluding carboxylic acids is 1. The Labute approximate surface area is 273 Å². The standard InChI is InChI=1S/C36H36FN7O3/c1-4-36(45)41-29-21-30(33(46-3)22-32(29)43-16-14-42(2)15-17-43)40-34-23-35(39-24-38-34)44-31(13-18-47-44)27-9-5-7-25(19-27)11-12-26-8-6-10-28(37)20-26/h4-10,19-24,31H,1,13-18H2,2-3H3,(H,41,45)(H,38,39,40)/t31-/m1/s1. The lowest BCUT2D eigenvalue weighted by atomic mass is 10.0. The number of amides is 1. The van der Waals surface area contributed by atoms with Gasteiger partial charge in [-0.1, -0.05) is 36.6 Å². The Morgan fingerprint density at radius 3 is 2.53 bits per heavy atom. The van der Waals surface area contributed by atoms with Crippen LogP contribution in [0.5, 0.6) is 5.75 Å². The largest absolute Gasteiger partial charge is 0.494 e. The predicted octanol–water partition coefficient (Wildman–Crippen LogP) is 5.53. The van der Waals surface area contributed by atoms with Crippen LogP contribution in [-0.2, 0) is 9.63 Å². The third-order valence-corrected chi connectivity index (χ3v) is 8.10. The second kappa shape index (κ2) is 14.3. The Morgan fingerprint density at radius 1 is 1.02 bits per heavy atom. The van der Waals surface area contributed by atoms with Crippen LogP contribution in [0.25, 0.3) is 0 Å². The number of nitrogens with zero attached hydrogens (tertiary/aromatic N) is 5. The Balaban J connectivity index is 1.25. The normalized spacial score (nSPS) is 16.3. The van der Waals surface area contributed by atoms with Crippen molar-refractivity contribution >= 4 is 34.6 Å². The molecule has 2 aliphatic rings. The first kappa shape index (κ1) is 31.5. The van der Waals surface area contributed by atoms with Crippen LogP contribution >= 0.6 is 0 Å². The van der Waals surface area contributed by atoms with Gasteiger partial charge < -0.3 is 25.2 Å². The molecule has 3 heterocycles. The fourth-order valence-corrected chi connectivity index (χ4v) is 5.63. The number of hydrogen-bond acceptors (Lipinski definition) is 9. The van der Waals surface area contributed by atoms with Gasteiger partial charge in [-0.15, -0.1) is 0 Å². The quantitative estimate of drug-likeness (QED) is 0.192. The zero-order chi connectivity index (χ0) is 32.8. The first-order valence-electron chi connectivity index (χ1n) is 15.4. The molecule has 1 aromatic heterocycles. The van der Waals surface area contributed by atoms with E-state index in [0.717, 1.165) is 49.4 Å². The highest BCUT2D eigenvalue weighted by molar-refractivity contribution is 6.02. The van der Waals surface area contributed by atoms with Gasteiger partial charge in [0.25, 0.3) is 0 Å². The number of hydrogen-bond donors (Lipinski definition) is 2. The van der Waals surface area contributed by atoms with Gasteiger partial charge in [-0.2, -0.15) is 0 Å². The molecule has 1 amide bonds. The van der Waals surface area contributed by atoms with Crippen molar-refractivity contribution in [2.45, 2.75) is 12.5 Å². The van der Waals surface area contributed by atoms with Gasteiger partial charge in [-0.3, -0.25) is 9.63 Å². The molecule has 0 spiro atoms. The molecule has 0 unspecified atom stereocenters. The molecule has 2 N–H and O–H groups in total. The van der Waals surface area contributed by atoms with E-state index in [9.17, 15) is 9.18 Å². The van der Waals surface area contributed by atoms with Crippen molar-refractivity contribution in [3.63, 3.8) is 0 Å². The molecule has 2 aliphatic heterocycles. The average Bonchev–Trinajstić information content (AvgIpc) is 3.59. The summed E-state index contributed by atoms with van der Waals surface area (Å²) in [7, 11) is 3.71. The third kappa shape index (κ3) is 7.52. The monoisotopic (exact) mass is 633 g/mol. The molecule has 0 bridgehead atoms. The molecule has 240 valence electrons. The molecular weight excluding hydrogens is 597 g/mol. The average molecular weight is 634 g/mol. The SMILES string of the molecule is C=CC(=O)Nc1cc(Nc2cc(N3OCC[C@@H]3c3cccc(C#Cc4cccc(F)c4)c3)ncn2)c(OC)cc1N1CCN(C)CC1. The van der Waals surface area contributed by atoms with E-state index in [2.05, 4.69) is 55.9 Å². The van der Waals surface area contributed by atoms with Crippen molar-refractivity contribution in [2.24, 2.45) is 0 Å². The Morgan fingerprint density at radius 2 is 1.79 bits per heavy atom. The number of piperazine rings is 1. The number of aromatic nitrogens is 2. The minimum absolute atomic E-state index is 0.105. The lowest BCUT2D eigenvalue weighted by Gasteiger charge is -2.35. The minimum Gasteiger partial charge on any atom is -0.494 e. The highest BCUT2D eigenvalue weighted by Crippen LogP contribution is 2.40. The van der Waals surface area contributed by atoms with E-state index >= 15 is 0 Å². The van der Waals surface area contributed by atoms with Crippen LogP contribution in [0.2, 0.25) is 0 Å². The van der Waals surface area contributed by atoms with Crippen LogP contribution in [0.15, 0.2) is 85.7 Å². The van der Waals surface area contributed by atoms with Gasteiger partial charge >= 0.3 is 0 Å². The molecule has 0 radical (unpaired) electrons. The number of rotatable bonds is 8. The summed E-state index contributed by atoms with van der Waals surface area (Å²) in [4.78, 5) is 31.9. The van der Waals surface area contributed by atoms with Gasteiger partial charge in [-0.05, 0) is 55.1 Å². The van der Waals surface area contributed by atoms with Gasteiger partial charge in [0.1, 0.15) is 23.7 Å². The fourth-order valence-electron chi connectivity index (χ4n) is 5.63. The number of likely N-dealkylation sites (N-methyl/N-ethyl adjacent to an activating group) is 1. The number of benzene rings is 3. The van der Waals surface area contributed by atoms with Crippen LogP contribution < -0.4 is 25.3 Å². The lowest BCUT2D eigenvalue weighted by Crippen LogP contribution is -2.44. The second-order valence-corrected chi connectivity index (χ2v) is 11.3. The van der Waals surface area contributed by atoms with Crippen molar-refractivity contribution in [1.82, 2.24) is 14.9 Å². The van der Waals surface area contributed by atoms with Crippen molar-refractivity contribution in [2.75, 3.05) is 67.5 Å². The molecule has 2 fully saturated rings. The number of nitrogens with one attached hydrogen (secondary N) is 2. The van der Waals surface area contributed by atoms with Crippen LogP contribution in [0.3, 0.4) is 0 Å². The van der Waals surface area contributed by atoms with E-state index < -0.39 is 0 Å². The number of halogens is 1. The molecule has 11 heteroatoms. The molecule has 2 saturated heterocycles. The number of methoxy groups -OCH3 is 1. The predicted molar refractivity (Wildman–Crippen MR) is 181 cm³/mol. The first-order valence-corrected chi connectivity index (χ1v) is 15.4. The molecule has 10 nitrogen and oxygen atoms in total. The molecule has 0 saturated carbocycles. The zero-order valence-electron chi connectivity index (χ0n) is 26.4. The van der Waals surface area contributed by atoms with Gasteiger partial charge in [0.05, 0.1) is 36.8 Å². The summed E-state index contributed by atoms with van der Waals surface area (Å²) in [5.41, 5.74) is 4.58. The number of ether oxygens (including phenoxy) is 1. The van der Waals surface area contributed by atoms with Gasteiger partial charge in [0.2, 0.25) is 5.91 Å². The smallest absolute Gasteiger partial charge is 0.247 e. The molecule has 0 aliphatic carbocycles. The Hall–Kier alpha value is -5.44. The van der Waals surface area contributed by atoms with Gasteiger partial charge in [0, 0.05) is 55.9 Å². The summed E-state index contributed by atoms with van der Waals surface area (Å²) in [6.45, 7) is 7.59. The lowest BCUT2D eigenvalue weighted by molar-refractivity contribution is -0.111. The molecule has 4 aromatic rings. The van der Waals surface area contributed by atoms with Crippen LogP contribution in [0.4, 0.5) is 33.1 Å². The second-order valence-electron chi connectivity index (χ2n) is 11.3. The summed E-state index contributed by atoms with van der Waals surface area (Å²) >= 11 is 0. The first-order chi connectivity index (χ1) is 22.9. The van der Waals surface area contributed by atoms with Crippen molar-refractivity contribution < 1.29 is 18.8 Å². The van der Waals surface area contributed by atoms with Crippen molar-refractivity contribution in [3.8, 4) is 17.6 Å². The molecule has 6 rings (SSSR count). The molecule has 1 atom stereocenters. The minimum atomic E-state index is -0.316. The van der Waals surface area contributed by atoms with Crippen molar-refractivity contribution in [3.05, 3.63) is 108 Å². The number of carbonyl (C=O) groups is 1. The zero-order valence-corrected chi connectivity index (χ0v) is 26.4. The topological polar surface area (TPSA) is 95.1 Å². The maximum Gasteiger partial charge on any atom is 0.247 e. The summed E-state index contributed by atoms with van der Waals surface area (Å²) < 4.78 is 19.4. The number of hydroxylamine groups is 1. The van der Waals surface area contributed by atoms with Crippen LogP contribution in [0, 0.1) is 17.7 Å². The highest BCUT2D eigenvalue weighted by Gasteiger charge is 2.29. The van der Waals surface area contributed by atoms with Crippen LogP contribution in [0.1, 0.15) is 29.2 Å². The van der Waals surface area contributed by atoms with Gasteiger partial charge in [-0.25, -0.2) is 19.4 Å². The molecular formula is C36H36FN7O3. The summed E-state index contributed by atoms with van der Waals surface area (Å²) in [6, 6.07) is 19.7. The Bertz CT molecular complexity index is 1830. The molecule has 47 heavy (non-hydrogen) atoms.